The average molecular weight is 408 g/mol. The van der Waals surface area contributed by atoms with Crippen LogP contribution in [-0.4, -0.2) is 42.1 Å². The Hall–Kier alpha value is -3.12. The summed E-state index contributed by atoms with van der Waals surface area (Å²) in [5.74, 6) is 1.22. The molecule has 3 aromatic rings. The van der Waals surface area contributed by atoms with Crippen LogP contribution in [0.15, 0.2) is 67.0 Å². The Morgan fingerprint density at radius 1 is 0.931 bits per heavy atom. The maximum atomic E-state index is 12.3. The molecule has 1 saturated heterocycles. The third-order valence-electron chi connectivity index (χ3n) is 4.92. The van der Waals surface area contributed by atoms with Crippen molar-refractivity contribution < 1.29 is 4.79 Å². The van der Waals surface area contributed by atoms with Crippen molar-refractivity contribution in [3.05, 3.63) is 77.6 Å². The monoisotopic (exact) mass is 407 g/mol. The molecular weight excluding hydrogens is 386 g/mol. The van der Waals surface area contributed by atoms with Gasteiger partial charge in [0.2, 0.25) is 5.91 Å². The van der Waals surface area contributed by atoms with Crippen LogP contribution in [0, 0.1) is 0 Å². The highest BCUT2D eigenvalue weighted by atomic mass is 35.5. The van der Waals surface area contributed by atoms with Crippen LogP contribution in [-0.2, 0) is 11.2 Å². The molecule has 2 aromatic carbocycles. The maximum absolute atomic E-state index is 12.3. The van der Waals surface area contributed by atoms with Crippen LogP contribution < -0.4 is 15.1 Å². The molecule has 0 saturated carbocycles. The number of nitrogens with one attached hydrogen (secondary N) is 1. The molecule has 29 heavy (non-hydrogen) atoms. The van der Waals surface area contributed by atoms with Gasteiger partial charge in [-0.1, -0.05) is 41.9 Å². The minimum Gasteiger partial charge on any atom is -0.368 e. The van der Waals surface area contributed by atoms with Crippen molar-refractivity contribution in [3.63, 3.8) is 0 Å². The highest BCUT2D eigenvalue weighted by Gasteiger charge is 2.19. The fourth-order valence-electron chi connectivity index (χ4n) is 3.40. The molecule has 0 radical (unpaired) electrons. The summed E-state index contributed by atoms with van der Waals surface area (Å²) in [6, 6.07) is 19.5. The summed E-state index contributed by atoms with van der Waals surface area (Å²) < 4.78 is 0. The first-order chi connectivity index (χ1) is 14.2. The molecule has 1 amide bonds. The molecule has 1 aliphatic heterocycles. The van der Waals surface area contributed by atoms with Gasteiger partial charge in [-0.3, -0.25) is 4.79 Å². The predicted octanol–water partition coefficient (Wildman–Crippen LogP) is 3.64. The second kappa shape index (κ2) is 8.92. The van der Waals surface area contributed by atoms with Crippen LogP contribution in [0.1, 0.15) is 5.56 Å². The van der Waals surface area contributed by atoms with E-state index < -0.39 is 0 Å². The van der Waals surface area contributed by atoms with E-state index in [0.717, 1.165) is 37.6 Å². The fraction of sp³-hybridized carbons (Fsp3) is 0.227. The first kappa shape index (κ1) is 19.2. The van der Waals surface area contributed by atoms with Crippen LogP contribution in [0.2, 0.25) is 5.02 Å². The standard InChI is InChI=1S/C22H22ClN5O/c23-18-8-6-17(7-9-18)14-22(29)26-20-15-21(25-16-24-20)28-12-10-27(11-13-28)19-4-2-1-3-5-19/h1-9,15-16H,10-14H2,(H,24,25,26,29). The molecule has 7 heteroatoms. The van der Waals surface area contributed by atoms with Gasteiger partial charge in [-0.05, 0) is 29.8 Å². The number of benzene rings is 2. The molecule has 1 aliphatic rings. The van der Waals surface area contributed by atoms with Crippen molar-refractivity contribution in [1.82, 2.24) is 9.97 Å². The SMILES string of the molecule is O=C(Cc1ccc(Cl)cc1)Nc1cc(N2CCN(c3ccccc3)CC2)ncn1. The van der Waals surface area contributed by atoms with E-state index >= 15 is 0 Å². The molecule has 0 aliphatic carbocycles. The molecule has 1 aromatic heterocycles. The molecular formula is C22H22ClN5O. The molecule has 0 spiro atoms. The number of piperazine rings is 1. The first-order valence-electron chi connectivity index (χ1n) is 9.59. The number of para-hydroxylation sites is 1. The third kappa shape index (κ3) is 5.03. The van der Waals surface area contributed by atoms with E-state index in [-0.39, 0.29) is 12.3 Å². The van der Waals surface area contributed by atoms with Crippen LogP contribution in [0.5, 0.6) is 0 Å². The van der Waals surface area contributed by atoms with Crippen molar-refractivity contribution in [2.45, 2.75) is 6.42 Å². The van der Waals surface area contributed by atoms with Crippen LogP contribution >= 0.6 is 11.6 Å². The van der Waals surface area contributed by atoms with Gasteiger partial charge in [-0.15, -0.1) is 0 Å². The molecule has 1 N–H and O–H groups in total. The average Bonchev–Trinajstić information content (AvgIpc) is 2.76. The summed E-state index contributed by atoms with van der Waals surface area (Å²) in [5, 5.41) is 3.51. The van der Waals surface area contributed by atoms with E-state index in [1.54, 1.807) is 12.1 Å². The molecule has 148 valence electrons. The lowest BCUT2D eigenvalue weighted by atomic mass is 10.1. The molecule has 0 unspecified atom stereocenters. The van der Waals surface area contributed by atoms with E-state index in [2.05, 4.69) is 49.4 Å². The number of carbonyl (C=O) groups excluding carboxylic acids is 1. The van der Waals surface area contributed by atoms with E-state index in [1.807, 2.05) is 24.3 Å². The van der Waals surface area contributed by atoms with Crippen LogP contribution in [0.25, 0.3) is 0 Å². The highest BCUT2D eigenvalue weighted by molar-refractivity contribution is 6.30. The minimum absolute atomic E-state index is 0.120. The van der Waals surface area contributed by atoms with Crippen molar-refractivity contribution in [2.24, 2.45) is 0 Å². The van der Waals surface area contributed by atoms with Crippen molar-refractivity contribution in [1.29, 1.82) is 0 Å². The van der Waals surface area contributed by atoms with Gasteiger partial charge in [-0.2, -0.15) is 0 Å². The van der Waals surface area contributed by atoms with Gasteiger partial charge in [0.25, 0.3) is 0 Å². The van der Waals surface area contributed by atoms with Crippen LogP contribution in [0.3, 0.4) is 0 Å². The Balaban J connectivity index is 1.35. The van der Waals surface area contributed by atoms with Gasteiger partial charge in [-0.25, -0.2) is 9.97 Å². The number of carbonyl (C=O) groups is 1. The number of nitrogens with zero attached hydrogens (tertiary/aromatic N) is 4. The van der Waals surface area contributed by atoms with E-state index in [4.69, 9.17) is 11.6 Å². The molecule has 6 nitrogen and oxygen atoms in total. The predicted molar refractivity (Wildman–Crippen MR) is 117 cm³/mol. The zero-order chi connectivity index (χ0) is 20.1. The quantitative estimate of drug-likeness (QED) is 0.699. The lowest BCUT2D eigenvalue weighted by Crippen LogP contribution is -2.46. The molecule has 2 heterocycles. The lowest BCUT2D eigenvalue weighted by Gasteiger charge is -2.36. The normalized spacial score (nSPS) is 14.0. The zero-order valence-corrected chi connectivity index (χ0v) is 16.7. The number of halogens is 1. The van der Waals surface area contributed by atoms with Gasteiger partial charge >= 0.3 is 0 Å². The van der Waals surface area contributed by atoms with E-state index in [0.29, 0.717) is 10.8 Å². The first-order valence-corrected chi connectivity index (χ1v) is 9.96. The molecule has 4 rings (SSSR count). The summed E-state index contributed by atoms with van der Waals surface area (Å²) in [4.78, 5) is 25.5. The lowest BCUT2D eigenvalue weighted by molar-refractivity contribution is -0.115. The van der Waals surface area contributed by atoms with E-state index in [1.165, 1.54) is 12.0 Å². The summed E-state index contributed by atoms with van der Waals surface area (Å²) >= 11 is 5.89. The second-order valence-corrected chi connectivity index (χ2v) is 7.36. The van der Waals surface area contributed by atoms with Gasteiger partial charge in [0.05, 0.1) is 6.42 Å². The number of anilines is 3. The van der Waals surface area contributed by atoms with Crippen molar-refractivity contribution in [2.75, 3.05) is 41.3 Å². The summed E-state index contributed by atoms with van der Waals surface area (Å²) in [6.07, 6.45) is 1.77. The maximum Gasteiger partial charge on any atom is 0.229 e. The second-order valence-electron chi connectivity index (χ2n) is 6.92. The minimum atomic E-state index is -0.120. The van der Waals surface area contributed by atoms with Crippen molar-refractivity contribution in [3.8, 4) is 0 Å². The number of rotatable bonds is 5. The number of aromatic nitrogens is 2. The van der Waals surface area contributed by atoms with Gasteiger partial charge in [0.15, 0.2) is 0 Å². The molecule has 0 atom stereocenters. The molecule has 0 bridgehead atoms. The summed E-state index contributed by atoms with van der Waals surface area (Å²) in [6.45, 7) is 3.58. The largest absolute Gasteiger partial charge is 0.368 e. The Morgan fingerprint density at radius 3 is 2.34 bits per heavy atom. The highest BCUT2D eigenvalue weighted by Crippen LogP contribution is 2.20. The Morgan fingerprint density at radius 2 is 1.62 bits per heavy atom. The Labute approximate surface area is 175 Å². The number of amides is 1. The fourth-order valence-corrected chi connectivity index (χ4v) is 3.52. The van der Waals surface area contributed by atoms with Crippen molar-refractivity contribution >= 4 is 34.8 Å². The zero-order valence-electron chi connectivity index (χ0n) is 16.0. The van der Waals surface area contributed by atoms with Gasteiger partial charge < -0.3 is 15.1 Å². The van der Waals surface area contributed by atoms with E-state index in [9.17, 15) is 4.79 Å². The third-order valence-corrected chi connectivity index (χ3v) is 5.18. The Kier molecular flexibility index (Phi) is 5.91. The summed E-state index contributed by atoms with van der Waals surface area (Å²) in [7, 11) is 0. The van der Waals surface area contributed by atoms with Crippen LogP contribution in [0.4, 0.5) is 17.3 Å². The smallest absolute Gasteiger partial charge is 0.229 e. The Bertz CT molecular complexity index is 956. The summed E-state index contributed by atoms with van der Waals surface area (Å²) in [5.41, 5.74) is 2.14. The van der Waals surface area contributed by atoms with Gasteiger partial charge in [0, 0.05) is 43.0 Å². The number of hydrogen-bond acceptors (Lipinski definition) is 5. The molecule has 1 fully saturated rings. The van der Waals surface area contributed by atoms with Gasteiger partial charge in [0.1, 0.15) is 18.0 Å². The topological polar surface area (TPSA) is 61.4 Å². The number of hydrogen-bond donors (Lipinski definition) is 1.